The molecule has 1 aliphatic heterocycles. The molecule has 1 saturated heterocycles. The van der Waals surface area contributed by atoms with Crippen LogP contribution in [0.15, 0.2) is 42.7 Å². The summed E-state index contributed by atoms with van der Waals surface area (Å²) in [5.74, 6) is 5.63. The van der Waals surface area contributed by atoms with Crippen LogP contribution in [0.5, 0.6) is 0 Å². The van der Waals surface area contributed by atoms with Crippen LogP contribution in [0, 0.1) is 17.7 Å². The van der Waals surface area contributed by atoms with Gasteiger partial charge in [0, 0.05) is 31.5 Å². The number of aromatic nitrogens is 1. The molecule has 0 aliphatic carbocycles. The molecule has 1 N–H and O–H groups in total. The van der Waals surface area contributed by atoms with E-state index in [9.17, 15) is 9.18 Å². The number of benzene rings is 1. The molecule has 0 spiro atoms. The lowest BCUT2D eigenvalue weighted by atomic mass is 9.97. The zero-order valence-electron chi connectivity index (χ0n) is 13.7. The minimum absolute atomic E-state index is 0.380. The van der Waals surface area contributed by atoms with Gasteiger partial charge in [0.25, 0.3) is 0 Å². The number of hydrogen-bond donors (Lipinski definition) is 1. The van der Waals surface area contributed by atoms with E-state index >= 15 is 0 Å². The highest BCUT2D eigenvalue weighted by Gasteiger charge is 2.36. The van der Waals surface area contributed by atoms with Crippen LogP contribution in [0.25, 0.3) is 0 Å². The topological polar surface area (TPSA) is 60.5 Å². The number of carbonyl (C=O) groups excluding carboxylic acids is 1. The summed E-state index contributed by atoms with van der Waals surface area (Å²) in [6.45, 7) is 0.564. The number of hydrogen-bond acceptors (Lipinski definition) is 4. The van der Waals surface area contributed by atoms with E-state index in [2.05, 4.69) is 22.1 Å². The van der Waals surface area contributed by atoms with Crippen LogP contribution >= 0.6 is 0 Å². The highest BCUT2D eigenvalue weighted by atomic mass is 19.1. The summed E-state index contributed by atoms with van der Waals surface area (Å²) in [6, 6.07) is 7.41. The molecule has 1 aromatic carbocycles. The molecule has 128 valence electrons. The average molecular weight is 340 g/mol. The Morgan fingerprint density at radius 3 is 3.00 bits per heavy atom. The van der Waals surface area contributed by atoms with Crippen molar-refractivity contribution in [1.29, 1.82) is 0 Å². The Labute approximate surface area is 145 Å². The Bertz CT molecular complexity index is 829. The molecule has 6 heteroatoms. The standard InChI is InChI=1S/C19H17FN2O3/c1-24-8-3-2-5-13-9-15(12-21-11-13)17-18(25-19(23)22-17)14-6-4-7-16(20)10-14/h4,6-7,9-12,17-18H,3,8H2,1H3,(H,22,23)/t17-,18-/m1/s1. The van der Waals surface area contributed by atoms with E-state index in [1.165, 1.54) is 12.1 Å². The van der Waals surface area contributed by atoms with Gasteiger partial charge < -0.3 is 14.8 Å². The summed E-state index contributed by atoms with van der Waals surface area (Å²) in [6.07, 6.45) is 2.75. The van der Waals surface area contributed by atoms with Gasteiger partial charge in [0.05, 0.1) is 6.61 Å². The molecule has 2 aromatic rings. The Morgan fingerprint density at radius 2 is 2.20 bits per heavy atom. The fraction of sp³-hybridized carbons (Fsp3) is 0.263. The average Bonchev–Trinajstić information content (AvgIpc) is 3.01. The molecule has 1 aromatic heterocycles. The third kappa shape index (κ3) is 4.14. The first-order chi connectivity index (χ1) is 12.2. The molecule has 0 saturated carbocycles. The third-order valence-electron chi connectivity index (χ3n) is 3.77. The van der Waals surface area contributed by atoms with Gasteiger partial charge in [0.15, 0.2) is 6.10 Å². The maximum atomic E-state index is 13.5. The number of ether oxygens (including phenoxy) is 2. The monoisotopic (exact) mass is 340 g/mol. The number of halogens is 1. The van der Waals surface area contributed by atoms with Gasteiger partial charge in [-0.05, 0) is 29.3 Å². The molecule has 1 amide bonds. The number of carbonyl (C=O) groups is 1. The fourth-order valence-corrected chi connectivity index (χ4v) is 2.64. The molecule has 1 fully saturated rings. The van der Waals surface area contributed by atoms with Crippen molar-refractivity contribution in [2.75, 3.05) is 13.7 Å². The van der Waals surface area contributed by atoms with Gasteiger partial charge in [-0.15, -0.1) is 0 Å². The number of amides is 1. The first kappa shape index (κ1) is 16.9. The summed E-state index contributed by atoms with van der Waals surface area (Å²) in [5, 5.41) is 2.75. The lowest BCUT2D eigenvalue weighted by molar-refractivity contribution is 0.132. The zero-order valence-corrected chi connectivity index (χ0v) is 13.7. The lowest BCUT2D eigenvalue weighted by Crippen LogP contribution is -2.19. The molecule has 2 heterocycles. The molecular formula is C19H17FN2O3. The Kier molecular flexibility index (Phi) is 5.26. The molecule has 0 unspecified atom stereocenters. The van der Waals surface area contributed by atoms with Crippen molar-refractivity contribution in [3.05, 3.63) is 65.2 Å². The van der Waals surface area contributed by atoms with Crippen LogP contribution in [0.1, 0.15) is 35.3 Å². The third-order valence-corrected chi connectivity index (χ3v) is 3.77. The Balaban J connectivity index is 1.86. The van der Waals surface area contributed by atoms with Crippen molar-refractivity contribution in [1.82, 2.24) is 10.3 Å². The SMILES string of the molecule is COCCC#Cc1cncc([C@H]2NC(=O)O[C@@H]2c2cccc(F)c2)c1. The van der Waals surface area contributed by atoms with Gasteiger partial charge >= 0.3 is 6.09 Å². The molecule has 0 radical (unpaired) electrons. The Hall–Kier alpha value is -2.91. The summed E-state index contributed by atoms with van der Waals surface area (Å²) in [4.78, 5) is 15.9. The van der Waals surface area contributed by atoms with Crippen molar-refractivity contribution in [2.24, 2.45) is 0 Å². The number of cyclic esters (lactones) is 1. The number of pyridine rings is 1. The quantitative estimate of drug-likeness (QED) is 0.686. The normalized spacial score (nSPS) is 18.9. The van der Waals surface area contributed by atoms with Crippen LogP contribution < -0.4 is 5.32 Å². The van der Waals surface area contributed by atoms with Crippen LogP contribution in [-0.4, -0.2) is 24.8 Å². The molecule has 1 aliphatic rings. The second-order valence-corrected chi connectivity index (χ2v) is 5.55. The summed E-state index contributed by atoms with van der Waals surface area (Å²) in [5.41, 5.74) is 2.06. The van der Waals surface area contributed by atoms with Crippen LogP contribution in [0.4, 0.5) is 9.18 Å². The van der Waals surface area contributed by atoms with Crippen LogP contribution in [0.3, 0.4) is 0 Å². The van der Waals surface area contributed by atoms with Crippen molar-refractivity contribution >= 4 is 6.09 Å². The number of methoxy groups -OCH3 is 1. The first-order valence-corrected chi connectivity index (χ1v) is 7.83. The van der Waals surface area contributed by atoms with E-state index in [0.717, 1.165) is 11.1 Å². The van der Waals surface area contributed by atoms with E-state index in [1.807, 2.05) is 6.07 Å². The van der Waals surface area contributed by atoms with Crippen molar-refractivity contribution in [3.8, 4) is 11.8 Å². The predicted octanol–water partition coefficient (Wildman–Crippen LogP) is 3.13. The fourth-order valence-electron chi connectivity index (χ4n) is 2.64. The second kappa shape index (κ2) is 7.77. The van der Waals surface area contributed by atoms with Gasteiger partial charge in [-0.25, -0.2) is 9.18 Å². The minimum atomic E-state index is -0.623. The lowest BCUT2D eigenvalue weighted by Gasteiger charge is -2.17. The van der Waals surface area contributed by atoms with Crippen LogP contribution in [0.2, 0.25) is 0 Å². The number of nitrogens with zero attached hydrogens (tertiary/aromatic N) is 1. The molecule has 3 rings (SSSR count). The predicted molar refractivity (Wildman–Crippen MR) is 89.1 cm³/mol. The van der Waals surface area contributed by atoms with Crippen molar-refractivity contribution in [2.45, 2.75) is 18.6 Å². The maximum absolute atomic E-state index is 13.5. The second-order valence-electron chi connectivity index (χ2n) is 5.55. The highest BCUT2D eigenvalue weighted by molar-refractivity contribution is 5.71. The van der Waals surface area contributed by atoms with E-state index in [4.69, 9.17) is 9.47 Å². The van der Waals surface area contributed by atoms with Gasteiger partial charge in [-0.2, -0.15) is 0 Å². The van der Waals surface area contributed by atoms with Gasteiger partial charge in [0.1, 0.15) is 11.9 Å². The van der Waals surface area contributed by atoms with E-state index in [-0.39, 0.29) is 5.82 Å². The smallest absolute Gasteiger partial charge is 0.408 e. The van der Waals surface area contributed by atoms with E-state index in [0.29, 0.717) is 18.6 Å². The first-order valence-electron chi connectivity index (χ1n) is 7.83. The number of alkyl carbamates (subject to hydrolysis) is 1. The van der Waals surface area contributed by atoms with Gasteiger partial charge in [-0.3, -0.25) is 4.98 Å². The Morgan fingerprint density at radius 1 is 1.32 bits per heavy atom. The number of nitrogens with one attached hydrogen (secondary N) is 1. The van der Waals surface area contributed by atoms with Crippen molar-refractivity contribution < 1.29 is 18.7 Å². The maximum Gasteiger partial charge on any atom is 0.408 e. The zero-order chi connectivity index (χ0) is 17.6. The largest absolute Gasteiger partial charge is 0.439 e. The van der Waals surface area contributed by atoms with E-state index < -0.39 is 18.2 Å². The molecule has 5 nitrogen and oxygen atoms in total. The molecule has 0 bridgehead atoms. The summed E-state index contributed by atoms with van der Waals surface area (Å²) >= 11 is 0. The summed E-state index contributed by atoms with van der Waals surface area (Å²) < 4.78 is 23.8. The van der Waals surface area contributed by atoms with Gasteiger partial charge in [-0.1, -0.05) is 24.0 Å². The molecule has 25 heavy (non-hydrogen) atoms. The van der Waals surface area contributed by atoms with Crippen molar-refractivity contribution in [3.63, 3.8) is 0 Å². The molecular weight excluding hydrogens is 323 g/mol. The minimum Gasteiger partial charge on any atom is -0.439 e. The van der Waals surface area contributed by atoms with Crippen LogP contribution in [-0.2, 0) is 9.47 Å². The number of rotatable bonds is 4. The highest BCUT2D eigenvalue weighted by Crippen LogP contribution is 2.36. The van der Waals surface area contributed by atoms with Gasteiger partial charge in [0.2, 0.25) is 0 Å². The van der Waals surface area contributed by atoms with E-state index in [1.54, 1.807) is 31.6 Å². The molecule has 2 atom stereocenters. The summed E-state index contributed by atoms with van der Waals surface area (Å²) in [7, 11) is 1.62.